The number of hydrogen-bond acceptors (Lipinski definition) is 3. The summed E-state index contributed by atoms with van der Waals surface area (Å²) in [4.78, 5) is 14.4. The third kappa shape index (κ3) is 5.84. The van der Waals surface area contributed by atoms with Crippen molar-refractivity contribution < 1.29 is 4.79 Å². The van der Waals surface area contributed by atoms with Crippen LogP contribution in [0.2, 0.25) is 0 Å². The third-order valence-electron chi connectivity index (χ3n) is 4.50. The number of likely N-dealkylation sites (tertiary alicyclic amines) is 1. The Bertz CT molecular complexity index is 688. The van der Waals surface area contributed by atoms with Crippen LogP contribution in [0.3, 0.4) is 0 Å². The molecule has 0 saturated carbocycles. The third-order valence-corrected chi connectivity index (χ3v) is 4.50. The van der Waals surface area contributed by atoms with Crippen molar-refractivity contribution in [1.29, 1.82) is 0 Å². The highest BCUT2D eigenvalue weighted by molar-refractivity contribution is 5.87. The predicted octanol–water partition coefficient (Wildman–Crippen LogP) is 3.39. The first-order chi connectivity index (χ1) is 12.3. The van der Waals surface area contributed by atoms with Crippen molar-refractivity contribution in [1.82, 2.24) is 10.3 Å². The molecule has 2 aromatic rings. The van der Waals surface area contributed by atoms with Crippen LogP contribution in [0.15, 0.2) is 65.8 Å². The summed E-state index contributed by atoms with van der Waals surface area (Å²) in [7, 11) is 0. The number of carbonyl (C=O) groups is 1. The first-order valence-corrected chi connectivity index (χ1v) is 8.94. The molecule has 2 aromatic carbocycles. The Labute approximate surface area is 149 Å². The molecule has 0 aliphatic carbocycles. The number of rotatable bonds is 6. The minimum atomic E-state index is -0.0110. The molecule has 0 aromatic heterocycles. The Hall–Kier alpha value is -2.46. The standard InChI is InChI=1S/C21H25N3O/c25-21(12-11-18-7-3-1-4-8-18)23-22-20-13-15-24(16-14-20)17-19-9-5-2-6-10-19/h1-10H,11-17H2,(H,23,25). The average Bonchev–Trinajstić information content (AvgIpc) is 2.67. The van der Waals surface area contributed by atoms with Gasteiger partial charge in [0.05, 0.1) is 0 Å². The molecule has 0 unspecified atom stereocenters. The van der Waals surface area contributed by atoms with Crippen LogP contribution in [-0.4, -0.2) is 29.6 Å². The minimum Gasteiger partial charge on any atom is -0.298 e. The van der Waals surface area contributed by atoms with Gasteiger partial charge in [0.2, 0.25) is 5.91 Å². The molecule has 1 aliphatic heterocycles. The Morgan fingerprint density at radius 3 is 2.16 bits per heavy atom. The van der Waals surface area contributed by atoms with Crippen LogP contribution in [0.1, 0.15) is 30.4 Å². The van der Waals surface area contributed by atoms with Gasteiger partial charge in [-0.05, 0) is 17.5 Å². The van der Waals surface area contributed by atoms with Crippen LogP contribution in [0.5, 0.6) is 0 Å². The summed E-state index contributed by atoms with van der Waals surface area (Å²) in [5.74, 6) is -0.0110. The Morgan fingerprint density at radius 1 is 0.920 bits per heavy atom. The van der Waals surface area contributed by atoms with Crippen LogP contribution in [0, 0.1) is 0 Å². The second-order valence-corrected chi connectivity index (χ2v) is 6.46. The summed E-state index contributed by atoms with van der Waals surface area (Å²) in [6, 6.07) is 20.6. The number of nitrogens with one attached hydrogen (secondary N) is 1. The fourth-order valence-corrected chi connectivity index (χ4v) is 3.02. The Kier molecular flexibility index (Phi) is 6.35. The molecule has 0 spiro atoms. The molecular formula is C21H25N3O. The van der Waals surface area contributed by atoms with Crippen LogP contribution < -0.4 is 5.43 Å². The van der Waals surface area contributed by atoms with E-state index in [0.717, 1.165) is 44.6 Å². The molecule has 1 amide bonds. The van der Waals surface area contributed by atoms with Gasteiger partial charge in [-0.1, -0.05) is 60.7 Å². The van der Waals surface area contributed by atoms with Gasteiger partial charge < -0.3 is 0 Å². The van der Waals surface area contributed by atoms with Crippen molar-refractivity contribution in [3.05, 3.63) is 71.8 Å². The SMILES string of the molecule is O=C(CCc1ccccc1)NN=C1CCN(Cc2ccccc2)CC1. The smallest absolute Gasteiger partial charge is 0.240 e. The van der Waals surface area contributed by atoms with Crippen molar-refractivity contribution in [3.63, 3.8) is 0 Å². The maximum absolute atomic E-state index is 11.9. The van der Waals surface area contributed by atoms with E-state index in [0.29, 0.717) is 6.42 Å². The second-order valence-electron chi connectivity index (χ2n) is 6.46. The highest BCUT2D eigenvalue weighted by atomic mass is 16.2. The molecule has 1 aliphatic rings. The quantitative estimate of drug-likeness (QED) is 0.823. The van der Waals surface area contributed by atoms with E-state index in [1.54, 1.807) is 0 Å². The highest BCUT2D eigenvalue weighted by Gasteiger charge is 2.15. The summed E-state index contributed by atoms with van der Waals surface area (Å²) in [5.41, 5.74) is 6.34. The van der Waals surface area contributed by atoms with Crippen LogP contribution in [-0.2, 0) is 17.8 Å². The molecule has 1 saturated heterocycles. The van der Waals surface area contributed by atoms with Gasteiger partial charge in [0.15, 0.2) is 0 Å². The predicted molar refractivity (Wildman–Crippen MR) is 101 cm³/mol. The molecule has 0 radical (unpaired) electrons. The number of carbonyl (C=O) groups excluding carboxylic acids is 1. The molecule has 3 rings (SSSR count). The molecule has 0 bridgehead atoms. The lowest BCUT2D eigenvalue weighted by Gasteiger charge is -2.27. The van der Waals surface area contributed by atoms with E-state index in [-0.39, 0.29) is 5.91 Å². The summed E-state index contributed by atoms with van der Waals surface area (Å²) < 4.78 is 0. The van der Waals surface area contributed by atoms with Gasteiger partial charge in [0, 0.05) is 44.6 Å². The topological polar surface area (TPSA) is 44.7 Å². The minimum absolute atomic E-state index is 0.0110. The van der Waals surface area contributed by atoms with Gasteiger partial charge >= 0.3 is 0 Å². The van der Waals surface area contributed by atoms with Crippen molar-refractivity contribution in [2.45, 2.75) is 32.2 Å². The Balaban J connectivity index is 1.38. The number of benzene rings is 2. The van der Waals surface area contributed by atoms with Gasteiger partial charge in [-0.3, -0.25) is 9.69 Å². The molecule has 4 nitrogen and oxygen atoms in total. The lowest BCUT2D eigenvalue weighted by molar-refractivity contribution is -0.121. The van der Waals surface area contributed by atoms with E-state index in [1.165, 1.54) is 11.1 Å². The Morgan fingerprint density at radius 2 is 1.52 bits per heavy atom. The van der Waals surface area contributed by atoms with E-state index < -0.39 is 0 Å². The van der Waals surface area contributed by atoms with Crippen molar-refractivity contribution in [2.75, 3.05) is 13.1 Å². The van der Waals surface area contributed by atoms with E-state index in [9.17, 15) is 4.79 Å². The maximum Gasteiger partial charge on any atom is 0.240 e. The van der Waals surface area contributed by atoms with E-state index >= 15 is 0 Å². The molecule has 4 heteroatoms. The molecule has 1 fully saturated rings. The summed E-state index contributed by atoms with van der Waals surface area (Å²) >= 11 is 0. The molecule has 25 heavy (non-hydrogen) atoms. The van der Waals surface area contributed by atoms with Crippen LogP contribution >= 0.6 is 0 Å². The number of hydrogen-bond donors (Lipinski definition) is 1. The molecule has 0 atom stereocenters. The maximum atomic E-state index is 11.9. The first kappa shape index (κ1) is 17.4. The fourth-order valence-electron chi connectivity index (χ4n) is 3.02. The summed E-state index contributed by atoms with van der Waals surface area (Å²) in [6.45, 7) is 2.97. The monoisotopic (exact) mass is 335 g/mol. The lowest BCUT2D eigenvalue weighted by atomic mass is 10.1. The van der Waals surface area contributed by atoms with Gasteiger partial charge in [-0.15, -0.1) is 0 Å². The molecule has 1 heterocycles. The first-order valence-electron chi connectivity index (χ1n) is 8.94. The van der Waals surface area contributed by atoms with E-state index in [4.69, 9.17) is 0 Å². The van der Waals surface area contributed by atoms with Gasteiger partial charge in [0.1, 0.15) is 0 Å². The van der Waals surface area contributed by atoms with Gasteiger partial charge in [-0.2, -0.15) is 5.10 Å². The zero-order valence-corrected chi connectivity index (χ0v) is 14.5. The highest BCUT2D eigenvalue weighted by Crippen LogP contribution is 2.11. The molecule has 130 valence electrons. The number of amides is 1. The molecular weight excluding hydrogens is 310 g/mol. The number of aryl methyl sites for hydroxylation is 1. The summed E-state index contributed by atoms with van der Waals surface area (Å²) in [6.07, 6.45) is 3.07. The van der Waals surface area contributed by atoms with Crippen LogP contribution in [0.25, 0.3) is 0 Å². The number of piperidine rings is 1. The van der Waals surface area contributed by atoms with Gasteiger partial charge in [-0.25, -0.2) is 5.43 Å². The molecule has 1 N–H and O–H groups in total. The summed E-state index contributed by atoms with van der Waals surface area (Å²) in [5, 5.41) is 4.33. The second kappa shape index (κ2) is 9.14. The van der Waals surface area contributed by atoms with Crippen molar-refractivity contribution in [2.24, 2.45) is 5.10 Å². The van der Waals surface area contributed by atoms with E-state index in [2.05, 4.69) is 39.7 Å². The van der Waals surface area contributed by atoms with Crippen molar-refractivity contribution in [3.8, 4) is 0 Å². The zero-order chi connectivity index (χ0) is 17.3. The van der Waals surface area contributed by atoms with Crippen molar-refractivity contribution >= 4 is 11.6 Å². The van der Waals surface area contributed by atoms with Gasteiger partial charge in [0.25, 0.3) is 0 Å². The fraction of sp³-hybridized carbons (Fsp3) is 0.333. The van der Waals surface area contributed by atoms with E-state index in [1.807, 2.05) is 36.4 Å². The average molecular weight is 335 g/mol. The number of hydrazone groups is 1. The zero-order valence-electron chi connectivity index (χ0n) is 14.5. The number of nitrogens with zero attached hydrogens (tertiary/aromatic N) is 2. The largest absolute Gasteiger partial charge is 0.298 e. The normalized spacial score (nSPS) is 15.0. The van der Waals surface area contributed by atoms with Crippen LogP contribution in [0.4, 0.5) is 0 Å². The lowest BCUT2D eigenvalue weighted by Crippen LogP contribution is -2.34.